The average Bonchev–Trinajstić information content (AvgIpc) is 3.76. The third kappa shape index (κ3) is 5.56. The lowest BCUT2D eigenvalue weighted by atomic mass is 10.1. The van der Waals surface area contributed by atoms with Gasteiger partial charge in [0.2, 0.25) is 0 Å². The van der Waals surface area contributed by atoms with Crippen LogP contribution in [0.1, 0.15) is 99.5 Å². The zero-order valence-electron chi connectivity index (χ0n) is 21.3. The first kappa shape index (κ1) is 24.9. The summed E-state index contributed by atoms with van der Waals surface area (Å²) in [5, 5.41) is 11.1. The Morgan fingerprint density at radius 2 is 1.13 bits per heavy atom. The van der Waals surface area contributed by atoms with Crippen LogP contribution in [0.25, 0.3) is 11.1 Å². The molecule has 0 bridgehead atoms. The number of aromatic nitrogens is 4. The van der Waals surface area contributed by atoms with Crippen molar-refractivity contribution < 1.29 is 28.3 Å². The molecule has 0 atom stereocenters. The average molecular weight is 525 g/mol. The number of carbonyl (C=O) groups is 2. The topological polar surface area (TPSA) is 137 Å². The number of hydrogen-bond acceptors (Lipinski definition) is 12. The molecule has 2 aromatic heterocycles. The molecule has 0 saturated heterocycles. The van der Waals surface area contributed by atoms with E-state index in [1.165, 1.54) is 35.8 Å². The van der Waals surface area contributed by atoms with E-state index >= 15 is 0 Å². The maximum Gasteiger partial charge on any atom is 0.438 e. The van der Waals surface area contributed by atoms with Crippen molar-refractivity contribution in [2.45, 2.75) is 76.0 Å². The smallest absolute Gasteiger partial charge is 0.359 e. The molecule has 12 nitrogen and oxygen atoms in total. The highest BCUT2D eigenvalue weighted by atomic mass is 16.8. The minimum absolute atomic E-state index is 0.252. The lowest BCUT2D eigenvalue weighted by Crippen LogP contribution is -2.39. The first-order valence-electron chi connectivity index (χ1n) is 13.6. The Hall–Kier alpha value is -3.38. The predicted molar refractivity (Wildman–Crippen MR) is 132 cm³/mol. The van der Waals surface area contributed by atoms with Crippen molar-refractivity contribution in [2.24, 2.45) is 0 Å². The van der Waals surface area contributed by atoms with E-state index in [4.69, 9.17) is 18.7 Å². The lowest BCUT2D eigenvalue weighted by Gasteiger charge is -2.26. The molecular formula is C26H32N6O6. The fourth-order valence-corrected chi connectivity index (χ4v) is 5.64. The Kier molecular flexibility index (Phi) is 7.32. The standard InChI is InChI=1S/C26H32N6O6/c33-25(37-31-13-5-11-19(15-31)23-27-21(29-35-23)17-7-1-2-8-17)26(34)38-32-14-6-12-20(16-32)24-28-22(30-36-24)18-9-3-4-10-18/h11-12,17-18H,1-10,13-16H2. The zero-order chi connectivity index (χ0) is 25.9. The van der Waals surface area contributed by atoms with Gasteiger partial charge in [0.15, 0.2) is 11.6 Å². The predicted octanol–water partition coefficient (Wildman–Crippen LogP) is 3.56. The second kappa shape index (κ2) is 11.2. The van der Waals surface area contributed by atoms with Gasteiger partial charge in [-0.15, -0.1) is 10.1 Å². The molecule has 2 aliphatic heterocycles. The summed E-state index contributed by atoms with van der Waals surface area (Å²) in [4.78, 5) is 44.8. The summed E-state index contributed by atoms with van der Waals surface area (Å²) in [7, 11) is 0. The van der Waals surface area contributed by atoms with Crippen LogP contribution in [0.2, 0.25) is 0 Å². The highest BCUT2D eigenvalue weighted by Crippen LogP contribution is 2.34. The van der Waals surface area contributed by atoms with Crippen LogP contribution in [0.4, 0.5) is 0 Å². The summed E-state index contributed by atoms with van der Waals surface area (Å²) in [6, 6.07) is 0. The van der Waals surface area contributed by atoms with Crippen molar-refractivity contribution in [1.29, 1.82) is 0 Å². The third-order valence-corrected chi connectivity index (χ3v) is 7.70. The Morgan fingerprint density at radius 3 is 1.55 bits per heavy atom. The molecule has 38 heavy (non-hydrogen) atoms. The van der Waals surface area contributed by atoms with E-state index in [0.717, 1.165) is 48.5 Å². The summed E-state index contributed by atoms with van der Waals surface area (Å²) in [6.07, 6.45) is 14.3. The van der Waals surface area contributed by atoms with E-state index in [1.54, 1.807) is 0 Å². The highest BCUT2D eigenvalue weighted by molar-refractivity contribution is 6.29. The SMILES string of the molecule is O=C(ON1CCC=C(c2nc(C3CCCC3)no2)C1)C(=O)ON1CCC=C(c2nc(C3CCCC3)no2)C1. The summed E-state index contributed by atoms with van der Waals surface area (Å²) in [5.41, 5.74) is 1.55. The monoisotopic (exact) mass is 524 g/mol. The van der Waals surface area contributed by atoms with E-state index in [-0.39, 0.29) is 13.1 Å². The molecule has 2 saturated carbocycles. The highest BCUT2D eigenvalue weighted by Gasteiger charge is 2.30. The Bertz CT molecular complexity index is 1130. The van der Waals surface area contributed by atoms with Gasteiger partial charge in [-0.05, 0) is 38.5 Å². The summed E-state index contributed by atoms with van der Waals surface area (Å²) < 4.78 is 11.0. The van der Waals surface area contributed by atoms with Gasteiger partial charge in [0.25, 0.3) is 11.8 Å². The van der Waals surface area contributed by atoms with Crippen molar-refractivity contribution in [1.82, 2.24) is 30.4 Å². The molecule has 0 aromatic carbocycles. The lowest BCUT2D eigenvalue weighted by molar-refractivity contribution is -0.215. The molecule has 2 aliphatic carbocycles. The number of nitrogens with zero attached hydrogens (tertiary/aromatic N) is 6. The van der Waals surface area contributed by atoms with Crippen LogP contribution >= 0.6 is 0 Å². The van der Waals surface area contributed by atoms with E-state index in [0.29, 0.717) is 49.5 Å². The molecule has 2 aromatic rings. The molecule has 202 valence electrons. The van der Waals surface area contributed by atoms with Crippen LogP contribution < -0.4 is 0 Å². The van der Waals surface area contributed by atoms with Crippen LogP contribution in [0.15, 0.2) is 21.2 Å². The van der Waals surface area contributed by atoms with Crippen molar-refractivity contribution in [2.75, 3.05) is 26.2 Å². The number of rotatable bonds is 6. The van der Waals surface area contributed by atoms with Gasteiger partial charge in [0.05, 0.1) is 13.1 Å². The molecule has 4 aliphatic rings. The molecule has 2 fully saturated rings. The molecule has 0 N–H and O–H groups in total. The largest absolute Gasteiger partial charge is 0.438 e. The van der Waals surface area contributed by atoms with E-state index in [9.17, 15) is 9.59 Å². The zero-order valence-corrected chi connectivity index (χ0v) is 21.3. The quantitative estimate of drug-likeness (QED) is 0.511. The molecule has 6 rings (SSSR count). The van der Waals surface area contributed by atoms with Crippen LogP contribution in [-0.2, 0) is 19.3 Å². The van der Waals surface area contributed by atoms with E-state index in [2.05, 4.69) is 20.3 Å². The Balaban J connectivity index is 0.998. The van der Waals surface area contributed by atoms with Crippen molar-refractivity contribution in [3.8, 4) is 0 Å². The molecule has 0 unspecified atom stereocenters. The maximum atomic E-state index is 12.5. The summed E-state index contributed by atoms with van der Waals surface area (Å²) in [5.74, 6) is 0.865. The Morgan fingerprint density at radius 1 is 0.711 bits per heavy atom. The summed E-state index contributed by atoms with van der Waals surface area (Å²) in [6.45, 7) is 1.40. The number of hydroxylamine groups is 4. The van der Waals surface area contributed by atoms with Crippen LogP contribution in [0.5, 0.6) is 0 Å². The second-order valence-corrected chi connectivity index (χ2v) is 10.4. The van der Waals surface area contributed by atoms with Gasteiger partial charge >= 0.3 is 11.9 Å². The Labute approximate surface area is 219 Å². The molecular weight excluding hydrogens is 492 g/mol. The van der Waals surface area contributed by atoms with Crippen molar-refractivity contribution in [3.63, 3.8) is 0 Å². The minimum Gasteiger partial charge on any atom is -0.359 e. The van der Waals surface area contributed by atoms with Gasteiger partial charge in [-0.25, -0.2) is 9.59 Å². The van der Waals surface area contributed by atoms with Crippen molar-refractivity contribution in [3.05, 3.63) is 35.6 Å². The number of hydrogen-bond donors (Lipinski definition) is 0. The van der Waals surface area contributed by atoms with E-state index < -0.39 is 11.9 Å². The van der Waals surface area contributed by atoms with Crippen LogP contribution in [0.3, 0.4) is 0 Å². The van der Waals surface area contributed by atoms with Crippen LogP contribution in [-0.4, -0.2) is 68.5 Å². The molecule has 12 heteroatoms. The fraction of sp³-hybridized carbons (Fsp3) is 0.615. The number of carbonyl (C=O) groups excluding carboxylic acids is 2. The van der Waals surface area contributed by atoms with E-state index in [1.807, 2.05) is 12.2 Å². The van der Waals surface area contributed by atoms with Crippen LogP contribution in [0, 0.1) is 0 Å². The maximum absolute atomic E-state index is 12.5. The minimum atomic E-state index is -1.08. The first-order chi connectivity index (χ1) is 18.6. The van der Waals surface area contributed by atoms with Gasteiger partial charge in [0, 0.05) is 36.1 Å². The molecule has 4 heterocycles. The van der Waals surface area contributed by atoms with Gasteiger partial charge in [0.1, 0.15) is 0 Å². The molecule has 0 spiro atoms. The van der Waals surface area contributed by atoms with Gasteiger partial charge in [-0.2, -0.15) is 9.97 Å². The fourth-order valence-electron chi connectivity index (χ4n) is 5.64. The molecule has 0 radical (unpaired) electrons. The van der Waals surface area contributed by atoms with Gasteiger partial charge in [-0.1, -0.05) is 48.1 Å². The van der Waals surface area contributed by atoms with Gasteiger partial charge in [-0.3, -0.25) is 0 Å². The van der Waals surface area contributed by atoms with Gasteiger partial charge < -0.3 is 18.7 Å². The first-order valence-corrected chi connectivity index (χ1v) is 13.6. The molecule has 0 amide bonds. The third-order valence-electron chi connectivity index (χ3n) is 7.70. The van der Waals surface area contributed by atoms with Crippen molar-refractivity contribution >= 4 is 23.1 Å². The normalized spacial score (nSPS) is 21.9. The summed E-state index contributed by atoms with van der Waals surface area (Å²) >= 11 is 0. The second-order valence-electron chi connectivity index (χ2n) is 10.4.